The average Bonchev–Trinajstić information content (AvgIpc) is 2.39. The van der Waals surface area contributed by atoms with E-state index in [4.69, 9.17) is 5.11 Å². The molecule has 0 spiro atoms. The standard InChI is InChI=1S/C13H14N2O5/c1-20-8-12(17)15-10-4-2-9(3-5-10)14-11(16)6-7-13(18)19/h2-7H,8H2,1H3,(H,14,16)(H,15,17)(H,18,19)/b7-6+. The lowest BCUT2D eigenvalue weighted by atomic mass is 10.2. The van der Waals surface area contributed by atoms with Crippen molar-refractivity contribution in [1.82, 2.24) is 0 Å². The van der Waals surface area contributed by atoms with Gasteiger partial charge >= 0.3 is 5.97 Å². The van der Waals surface area contributed by atoms with Crippen LogP contribution in [0.2, 0.25) is 0 Å². The maximum Gasteiger partial charge on any atom is 0.328 e. The van der Waals surface area contributed by atoms with Crippen LogP contribution in [0.5, 0.6) is 0 Å². The van der Waals surface area contributed by atoms with Crippen molar-refractivity contribution in [2.75, 3.05) is 24.4 Å². The van der Waals surface area contributed by atoms with Crippen LogP contribution >= 0.6 is 0 Å². The lowest BCUT2D eigenvalue weighted by Crippen LogP contribution is -2.17. The minimum Gasteiger partial charge on any atom is -0.478 e. The number of ether oxygens (including phenoxy) is 1. The van der Waals surface area contributed by atoms with Crippen molar-refractivity contribution in [3.8, 4) is 0 Å². The number of aliphatic carboxylic acids is 1. The largest absolute Gasteiger partial charge is 0.478 e. The Labute approximate surface area is 115 Å². The molecule has 0 aliphatic carbocycles. The molecule has 7 nitrogen and oxygen atoms in total. The van der Waals surface area contributed by atoms with Crippen LogP contribution in [0.3, 0.4) is 0 Å². The van der Waals surface area contributed by atoms with Gasteiger partial charge in [-0.1, -0.05) is 0 Å². The highest BCUT2D eigenvalue weighted by Crippen LogP contribution is 2.13. The van der Waals surface area contributed by atoms with Gasteiger partial charge in [0.2, 0.25) is 11.8 Å². The monoisotopic (exact) mass is 278 g/mol. The number of anilines is 2. The predicted octanol–water partition coefficient (Wildman–Crippen LogP) is 0.851. The normalized spacial score (nSPS) is 10.2. The summed E-state index contributed by atoms with van der Waals surface area (Å²) in [6.07, 6.45) is 1.66. The van der Waals surface area contributed by atoms with Crippen molar-refractivity contribution < 1.29 is 24.2 Å². The minimum absolute atomic E-state index is 0.0432. The summed E-state index contributed by atoms with van der Waals surface area (Å²) in [4.78, 5) is 32.8. The predicted molar refractivity (Wildman–Crippen MR) is 72.4 cm³/mol. The SMILES string of the molecule is COCC(=O)Nc1ccc(NC(=O)/C=C/C(=O)O)cc1. The fourth-order valence-electron chi connectivity index (χ4n) is 1.30. The molecule has 0 saturated carbocycles. The first kappa shape index (κ1) is 15.4. The fourth-order valence-corrected chi connectivity index (χ4v) is 1.30. The Morgan fingerprint density at radius 3 is 2.15 bits per heavy atom. The summed E-state index contributed by atoms with van der Waals surface area (Å²) in [5, 5.41) is 13.4. The van der Waals surface area contributed by atoms with E-state index >= 15 is 0 Å². The van der Waals surface area contributed by atoms with Crippen molar-refractivity contribution >= 4 is 29.2 Å². The van der Waals surface area contributed by atoms with Gasteiger partial charge in [-0.2, -0.15) is 0 Å². The van der Waals surface area contributed by atoms with Crippen LogP contribution in [-0.4, -0.2) is 36.6 Å². The number of rotatable bonds is 6. The number of benzene rings is 1. The number of carbonyl (C=O) groups is 3. The lowest BCUT2D eigenvalue weighted by Gasteiger charge is -2.06. The van der Waals surface area contributed by atoms with Crippen LogP contribution in [0.1, 0.15) is 0 Å². The van der Waals surface area contributed by atoms with Crippen molar-refractivity contribution in [3.63, 3.8) is 0 Å². The topological polar surface area (TPSA) is 105 Å². The zero-order valence-corrected chi connectivity index (χ0v) is 10.8. The van der Waals surface area contributed by atoms with Crippen molar-refractivity contribution in [3.05, 3.63) is 36.4 Å². The zero-order chi connectivity index (χ0) is 15.0. The van der Waals surface area contributed by atoms with E-state index in [0.29, 0.717) is 11.4 Å². The number of methoxy groups -OCH3 is 1. The molecule has 0 saturated heterocycles. The molecule has 1 aromatic carbocycles. The quantitative estimate of drug-likeness (QED) is 0.669. The van der Waals surface area contributed by atoms with E-state index < -0.39 is 11.9 Å². The number of hydrogen-bond donors (Lipinski definition) is 3. The third-order valence-electron chi connectivity index (χ3n) is 2.09. The van der Waals surface area contributed by atoms with Gasteiger partial charge in [-0.05, 0) is 24.3 Å². The molecule has 0 bridgehead atoms. The molecule has 106 valence electrons. The van der Waals surface area contributed by atoms with Crippen molar-refractivity contribution in [2.24, 2.45) is 0 Å². The van der Waals surface area contributed by atoms with E-state index in [2.05, 4.69) is 15.4 Å². The second kappa shape index (κ2) is 7.70. The van der Waals surface area contributed by atoms with Crippen LogP contribution in [-0.2, 0) is 19.1 Å². The summed E-state index contributed by atoms with van der Waals surface area (Å²) in [6, 6.07) is 6.36. The Kier molecular flexibility index (Phi) is 5.92. The first-order valence-corrected chi connectivity index (χ1v) is 5.62. The summed E-state index contributed by atoms with van der Waals surface area (Å²) in [7, 11) is 1.42. The first-order valence-electron chi connectivity index (χ1n) is 5.62. The summed E-state index contributed by atoms with van der Waals surface area (Å²) >= 11 is 0. The lowest BCUT2D eigenvalue weighted by molar-refractivity contribution is -0.131. The second-order valence-corrected chi connectivity index (χ2v) is 3.72. The Morgan fingerprint density at radius 1 is 1.10 bits per heavy atom. The molecule has 0 unspecified atom stereocenters. The van der Waals surface area contributed by atoms with Gasteiger partial charge in [-0.25, -0.2) is 4.79 Å². The van der Waals surface area contributed by atoms with E-state index in [9.17, 15) is 14.4 Å². The molecular formula is C13H14N2O5. The maximum absolute atomic E-state index is 11.3. The molecule has 0 aromatic heterocycles. The number of carboxylic acids is 1. The van der Waals surface area contributed by atoms with Crippen LogP contribution < -0.4 is 10.6 Å². The molecule has 0 fully saturated rings. The van der Waals surface area contributed by atoms with Gasteiger partial charge in [0.1, 0.15) is 6.61 Å². The highest BCUT2D eigenvalue weighted by Gasteiger charge is 2.02. The third kappa shape index (κ3) is 5.78. The second-order valence-electron chi connectivity index (χ2n) is 3.72. The molecule has 1 aromatic rings. The Hall–Kier alpha value is -2.67. The fraction of sp³-hybridized carbons (Fsp3) is 0.154. The first-order chi connectivity index (χ1) is 9.51. The van der Waals surface area contributed by atoms with Gasteiger partial charge < -0.3 is 20.5 Å². The number of hydrogen-bond acceptors (Lipinski definition) is 4. The highest BCUT2D eigenvalue weighted by atomic mass is 16.5. The van der Waals surface area contributed by atoms with Gasteiger partial charge in [-0.15, -0.1) is 0 Å². The molecule has 2 amide bonds. The van der Waals surface area contributed by atoms with Crippen LogP contribution in [0, 0.1) is 0 Å². The van der Waals surface area contributed by atoms with E-state index in [1.807, 2.05) is 0 Å². The van der Waals surface area contributed by atoms with E-state index in [-0.39, 0.29) is 12.5 Å². The van der Waals surface area contributed by atoms with Gasteiger partial charge in [-0.3, -0.25) is 9.59 Å². The zero-order valence-electron chi connectivity index (χ0n) is 10.8. The molecular weight excluding hydrogens is 264 g/mol. The van der Waals surface area contributed by atoms with Gasteiger partial charge in [0, 0.05) is 30.6 Å². The van der Waals surface area contributed by atoms with Gasteiger partial charge in [0.15, 0.2) is 0 Å². The van der Waals surface area contributed by atoms with Crippen LogP contribution in [0.4, 0.5) is 11.4 Å². The third-order valence-corrected chi connectivity index (χ3v) is 2.09. The Bertz CT molecular complexity index is 522. The number of amides is 2. The molecule has 0 heterocycles. The van der Waals surface area contributed by atoms with Crippen molar-refractivity contribution in [2.45, 2.75) is 0 Å². The van der Waals surface area contributed by atoms with Crippen molar-refractivity contribution in [1.29, 1.82) is 0 Å². The Morgan fingerprint density at radius 2 is 1.65 bits per heavy atom. The minimum atomic E-state index is -1.20. The van der Waals surface area contributed by atoms with Gasteiger partial charge in [0.05, 0.1) is 0 Å². The summed E-state index contributed by atoms with van der Waals surface area (Å²) in [5.41, 5.74) is 1.04. The van der Waals surface area contributed by atoms with Gasteiger partial charge in [0.25, 0.3) is 0 Å². The summed E-state index contributed by atoms with van der Waals surface area (Å²) < 4.78 is 4.67. The summed E-state index contributed by atoms with van der Waals surface area (Å²) in [6.45, 7) is -0.0432. The number of carboxylic acid groups (broad SMARTS) is 1. The smallest absolute Gasteiger partial charge is 0.328 e. The van der Waals surface area contributed by atoms with E-state index in [1.54, 1.807) is 24.3 Å². The van der Waals surface area contributed by atoms with E-state index in [0.717, 1.165) is 12.2 Å². The Balaban J connectivity index is 2.56. The summed E-state index contributed by atoms with van der Waals surface area (Å²) in [5.74, 6) is -2.03. The molecule has 1 rings (SSSR count). The maximum atomic E-state index is 11.3. The number of carbonyl (C=O) groups excluding carboxylic acids is 2. The molecule has 7 heteroatoms. The molecule has 20 heavy (non-hydrogen) atoms. The molecule has 0 aliphatic rings. The average molecular weight is 278 g/mol. The molecule has 3 N–H and O–H groups in total. The highest BCUT2D eigenvalue weighted by molar-refractivity contribution is 6.02. The van der Waals surface area contributed by atoms with Crippen LogP contribution in [0.25, 0.3) is 0 Å². The molecule has 0 radical (unpaired) electrons. The number of nitrogens with one attached hydrogen (secondary N) is 2. The molecule has 0 aliphatic heterocycles. The van der Waals surface area contributed by atoms with E-state index in [1.165, 1.54) is 7.11 Å². The van der Waals surface area contributed by atoms with Crippen LogP contribution in [0.15, 0.2) is 36.4 Å². The molecule has 0 atom stereocenters.